The highest BCUT2D eigenvalue weighted by molar-refractivity contribution is 5.67. The van der Waals surface area contributed by atoms with E-state index in [-0.39, 0.29) is 5.69 Å². The van der Waals surface area contributed by atoms with Crippen molar-refractivity contribution in [1.29, 1.82) is 0 Å². The van der Waals surface area contributed by atoms with Crippen molar-refractivity contribution in [2.75, 3.05) is 11.5 Å². The second kappa shape index (κ2) is 2.19. The van der Waals surface area contributed by atoms with Crippen LogP contribution in [0.25, 0.3) is 0 Å². The van der Waals surface area contributed by atoms with Crippen molar-refractivity contribution in [2.24, 2.45) is 0 Å². The predicted molar refractivity (Wildman–Crippen MR) is 38.6 cm³/mol. The van der Waals surface area contributed by atoms with Gasteiger partial charge in [0.2, 0.25) is 0 Å². The van der Waals surface area contributed by atoms with E-state index in [0.717, 1.165) is 6.07 Å². The van der Waals surface area contributed by atoms with Gasteiger partial charge in [-0.15, -0.1) is 0 Å². The van der Waals surface area contributed by atoms with Crippen LogP contribution in [0.3, 0.4) is 0 Å². The molecule has 11 heavy (non-hydrogen) atoms. The van der Waals surface area contributed by atoms with E-state index in [1.54, 1.807) is 0 Å². The van der Waals surface area contributed by atoms with Crippen molar-refractivity contribution < 1.29 is 14.6 Å². The normalized spacial score (nSPS) is 9.91. The minimum Gasteiger partial charge on any atom is -0.506 e. The van der Waals surface area contributed by atoms with Crippen molar-refractivity contribution in [3.63, 3.8) is 0 Å². The van der Waals surface area contributed by atoms with E-state index in [1.165, 1.54) is 0 Å². The maximum absolute atomic E-state index is 12.6. The zero-order valence-corrected chi connectivity index (χ0v) is 5.50. The first-order valence-electron chi connectivity index (χ1n) is 2.79. The summed E-state index contributed by atoms with van der Waals surface area (Å²) >= 11 is 0. The van der Waals surface area contributed by atoms with E-state index in [9.17, 15) is 4.39 Å². The fourth-order valence-electron chi connectivity index (χ4n) is 0.660. The SMILES string of the molecule is Nc1cc(O)c(N)c(F)c1O. The Hall–Kier alpha value is -1.65. The molecule has 4 nitrogen and oxygen atoms in total. The van der Waals surface area contributed by atoms with Crippen molar-refractivity contribution in [3.05, 3.63) is 11.9 Å². The van der Waals surface area contributed by atoms with Crippen LogP contribution in [0.5, 0.6) is 11.5 Å². The van der Waals surface area contributed by atoms with Crippen molar-refractivity contribution in [3.8, 4) is 11.5 Å². The molecule has 0 saturated carbocycles. The highest BCUT2D eigenvalue weighted by atomic mass is 19.1. The average molecular weight is 158 g/mol. The molecule has 0 fully saturated rings. The monoisotopic (exact) mass is 158 g/mol. The fourth-order valence-corrected chi connectivity index (χ4v) is 0.660. The molecule has 0 aliphatic carbocycles. The van der Waals surface area contributed by atoms with Crippen LogP contribution in [0.2, 0.25) is 0 Å². The lowest BCUT2D eigenvalue weighted by molar-refractivity contribution is 0.427. The van der Waals surface area contributed by atoms with Gasteiger partial charge in [-0.1, -0.05) is 0 Å². The van der Waals surface area contributed by atoms with Gasteiger partial charge in [0.25, 0.3) is 0 Å². The quantitative estimate of drug-likeness (QED) is 0.250. The van der Waals surface area contributed by atoms with E-state index < -0.39 is 23.0 Å². The third-order valence-corrected chi connectivity index (χ3v) is 1.29. The summed E-state index contributed by atoms with van der Waals surface area (Å²) in [5.74, 6) is -2.30. The van der Waals surface area contributed by atoms with Gasteiger partial charge in [0.1, 0.15) is 11.4 Å². The maximum Gasteiger partial charge on any atom is 0.193 e. The van der Waals surface area contributed by atoms with Crippen LogP contribution >= 0.6 is 0 Å². The lowest BCUT2D eigenvalue weighted by Crippen LogP contribution is -1.95. The first-order chi connectivity index (χ1) is 5.04. The Morgan fingerprint density at radius 2 is 1.82 bits per heavy atom. The predicted octanol–water partition coefficient (Wildman–Crippen LogP) is 0.401. The highest BCUT2D eigenvalue weighted by Gasteiger charge is 2.12. The van der Waals surface area contributed by atoms with Gasteiger partial charge in [0.05, 0.1) is 5.69 Å². The van der Waals surface area contributed by atoms with Crippen LogP contribution in [0, 0.1) is 5.82 Å². The van der Waals surface area contributed by atoms with Crippen molar-refractivity contribution in [2.45, 2.75) is 0 Å². The van der Waals surface area contributed by atoms with Gasteiger partial charge in [-0.05, 0) is 0 Å². The lowest BCUT2D eigenvalue weighted by atomic mass is 10.2. The molecular formula is C6H7FN2O2. The zero-order valence-electron chi connectivity index (χ0n) is 5.50. The number of halogens is 1. The maximum atomic E-state index is 12.6. The standard InChI is InChI=1S/C6H7FN2O2/c7-4-5(9)3(10)1-2(8)6(4)11/h1,10-11H,8-9H2. The number of phenolic OH excluding ortho intramolecular Hbond substituents is 2. The van der Waals surface area contributed by atoms with E-state index in [4.69, 9.17) is 21.7 Å². The minimum atomic E-state index is -1.09. The van der Waals surface area contributed by atoms with Gasteiger partial charge in [0, 0.05) is 6.07 Å². The number of hydrogen-bond donors (Lipinski definition) is 4. The van der Waals surface area contributed by atoms with Crippen LogP contribution in [0.4, 0.5) is 15.8 Å². The zero-order chi connectivity index (χ0) is 8.59. The smallest absolute Gasteiger partial charge is 0.193 e. The molecular weight excluding hydrogens is 151 g/mol. The van der Waals surface area contributed by atoms with Crippen LogP contribution in [0.15, 0.2) is 6.07 Å². The molecule has 0 aliphatic heterocycles. The van der Waals surface area contributed by atoms with E-state index in [1.807, 2.05) is 0 Å². The van der Waals surface area contributed by atoms with Crippen molar-refractivity contribution in [1.82, 2.24) is 0 Å². The molecule has 6 N–H and O–H groups in total. The number of phenols is 2. The van der Waals surface area contributed by atoms with Gasteiger partial charge in [0.15, 0.2) is 11.6 Å². The van der Waals surface area contributed by atoms with Gasteiger partial charge in [-0.25, -0.2) is 4.39 Å². The second-order valence-electron chi connectivity index (χ2n) is 2.06. The highest BCUT2D eigenvalue weighted by Crippen LogP contribution is 2.34. The van der Waals surface area contributed by atoms with Crippen LogP contribution in [-0.4, -0.2) is 10.2 Å². The largest absolute Gasteiger partial charge is 0.506 e. The van der Waals surface area contributed by atoms with E-state index in [2.05, 4.69) is 0 Å². The fraction of sp³-hybridized carbons (Fsp3) is 0. The topological polar surface area (TPSA) is 92.5 Å². The summed E-state index contributed by atoms with van der Waals surface area (Å²) in [6.45, 7) is 0. The van der Waals surface area contributed by atoms with Crippen LogP contribution in [0.1, 0.15) is 0 Å². The Morgan fingerprint density at radius 3 is 2.36 bits per heavy atom. The molecule has 0 aliphatic rings. The molecule has 0 radical (unpaired) electrons. The average Bonchev–Trinajstić information content (AvgIpc) is 1.97. The summed E-state index contributed by atoms with van der Waals surface area (Å²) in [6.07, 6.45) is 0. The summed E-state index contributed by atoms with van der Waals surface area (Å²) in [6, 6.07) is 0.980. The molecule has 1 aromatic carbocycles. The Morgan fingerprint density at radius 1 is 1.27 bits per heavy atom. The Kier molecular flexibility index (Phi) is 1.48. The van der Waals surface area contributed by atoms with Gasteiger partial charge in [-0.2, -0.15) is 0 Å². The molecule has 1 rings (SSSR count). The molecule has 5 heteroatoms. The van der Waals surface area contributed by atoms with E-state index >= 15 is 0 Å². The van der Waals surface area contributed by atoms with Crippen molar-refractivity contribution >= 4 is 11.4 Å². The second-order valence-corrected chi connectivity index (χ2v) is 2.06. The third kappa shape index (κ3) is 1.000. The molecule has 1 aromatic rings. The van der Waals surface area contributed by atoms with Crippen LogP contribution in [-0.2, 0) is 0 Å². The molecule has 60 valence electrons. The number of rotatable bonds is 0. The number of hydrogen-bond acceptors (Lipinski definition) is 4. The lowest BCUT2D eigenvalue weighted by Gasteiger charge is -2.04. The summed E-state index contributed by atoms with van der Waals surface area (Å²) in [5, 5.41) is 17.7. The Bertz CT molecular complexity index is 275. The summed E-state index contributed by atoms with van der Waals surface area (Å²) < 4.78 is 12.6. The molecule has 0 spiro atoms. The minimum absolute atomic E-state index is 0.241. The number of aromatic hydroxyl groups is 2. The van der Waals surface area contributed by atoms with E-state index in [0.29, 0.717) is 0 Å². The number of nitrogen functional groups attached to an aromatic ring is 2. The number of anilines is 2. The first-order valence-corrected chi connectivity index (χ1v) is 2.79. The summed E-state index contributed by atoms with van der Waals surface area (Å²) in [5.41, 5.74) is 9.35. The molecule has 0 heterocycles. The number of benzene rings is 1. The molecule has 0 bridgehead atoms. The van der Waals surface area contributed by atoms with Gasteiger partial charge < -0.3 is 21.7 Å². The molecule has 0 saturated heterocycles. The molecule has 0 unspecified atom stereocenters. The van der Waals surface area contributed by atoms with Gasteiger partial charge in [-0.3, -0.25) is 0 Å². The first kappa shape index (κ1) is 7.46. The third-order valence-electron chi connectivity index (χ3n) is 1.29. The van der Waals surface area contributed by atoms with Gasteiger partial charge >= 0.3 is 0 Å². The molecule has 0 atom stereocenters. The Labute approximate surface area is 61.9 Å². The summed E-state index contributed by atoms with van der Waals surface area (Å²) in [4.78, 5) is 0. The molecule has 0 aromatic heterocycles. The molecule has 0 amide bonds. The number of nitrogens with two attached hydrogens (primary N) is 2. The Balaban J connectivity index is 3.46. The van der Waals surface area contributed by atoms with Crippen LogP contribution < -0.4 is 11.5 Å². The summed E-state index contributed by atoms with van der Waals surface area (Å²) in [7, 11) is 0.